The number of aliphatic hydroxyl groups is 1. The maximum absolute atomic E-state index is 14.0. The van der Waals surface area contributed by atoms with E-state index in [9.17, 15) is 9.50 Å². The van der Waals surface area contributed by atoms with Crippen molar-refractivity contribution >= 4 is 6.08 Å². The summed E-state index contributed by atoms with van der Waals surface area (Å²) in [4.78, 5) is 8.58. The van der Waals surface area contributed by atoms with E-state index in [0.29, 0.717) is 17.8 Å². The van der Waals surface area contributed by atoms with Crippen molar-refractivity contribution in [2.75, 3.05) is 0 Å². The molecule has 2 aromatic rings. The molecule has 2 rings (SSSR count). The van der Waals surface area contributed by atoms with Crippen LogP contribution < -0.4 is 0 Å². The van der Waals surface area contributed by atoms with Gasteiger partial charge in [0.25, 0.3) is 0 Å². The number of nitrogens with zero attached hydrogens (tertiary/aromatic N) is 2. The van der Waals surface area contributed by atoms with Crippen LogP contribution in [0.25, 0.3) is 17.2 Å². The first-order valence-electron chi connectivity index (χ1n) is 8.16. The quantitative estimate of drug-likeness (QED) is 0.571. The molecule has 126 valence electrons. The summed E-state index contributed by atoms with van der Waals surface area (Å²) in [6.07, 6.45) is 11.8. The maximum Gasteiger partial charge on any atom is 0.151 e. The summed E-state index contributed by atoms with van der Waals surface area (Å²) in [6, 6.07) is 5.14. The van der Waals surface area contributed by atoms with Crippen LogP contribution >= 0.6 is 0 Å². The van der Waals surface area contributed by atoms with E-state index < -0.39 is 0 Å². The van der Waals surface area contributed by atoms with Crippen molar-refractivity contribution in [2.45, 2.75) is 38.7 Å². The third kappa shape index (κ3) is 5.39. The summed E-state index contributed by atoms with van der Waals surface area (Å²) < 4.78 is 14.0. The number of rotatable bonds is 8. The molecule has 1 aromatic carbocycles. The van der Waals surface area contributed by atoms with Crippen LogP contribution in [0.1, 0.15) is 37.6 Å². The second-order valence-corrected chi connectivity index (χ2v) is 5.81. The van der Waals surface area contributed by atoms with Crippen LogP contribution in [-0.4, -0.2) is 21.2 Å². The molecule has 0 aliphatic rings. The molecule has 3 nitrogen and oxygen atoms in total. The molecule has 0 radical (unpaired) electrons. The monoisotopic (exact) mass is 326 g/mol. The van der Waals surface area contributed by atoms with Crippen LogP contribution in [-0.2, 0) is 6.42 Å². The Morgan fingerprint density at radius 2 is 2.00 bits per heavy atom. The van der Waals surface area contributed by atoms with E-state index in [-0.39, 0.29) is 11.9 Å². The highest BCUT2D eigenvalue weighted by molar-refractivity contribution is 5.62. The van der Waals surface area contributed by atoms with Crippen molar-refractivity contribution in [3.63, 3.8) is 0 Å². The predicted molar refractivity (Wildman–Crippen MR) is 95.9 cm³/mol. The van der Waals surface area contributed by atoms with Gasteiger partial charge in [-0.15, -0.1) is 6.58 Å². The third-order valence-corrected chi connectivity index (χ3v) is 3.68. The fourth-order valence-electron chi connectivity index (χ4n) is 2.34. The number of aliphatic hydroxyl groups excluding tert-OH is 1. The third-order valence-electron chi connectivity index (χ3n) is 3.68. The average Bonchev–Trinajstić information content (AvgIpc) is 2.57. The first kappa shape index (κ1) is 18.0. The molecule has 0 amide bonds. The molecule has 0 bridgehead atoms. The molecule has 1 heterocycles. The Hall–Kier alpha value is -2.33. The SMILES string of the molecule is C=CCc1ccc(-c2cnc(/C=C/CCCC(C)O)nc2)cc1F. The van der Waals surface area contributed by atoms with Crippen molar-refractivity contribution in [2.24, 2.45) is 0 Å². The number of hydrogen-bond acceptors (Lipinski definition) is 3. The number of halogens is 1. The Morgan fingerprint density at radius 1 is 1.25 bits per heavy atom. The fourth-order valence-corrected chi connectivity index (χ4v) is 2.34. The van der Waals surface area contributed by atoms with E-state index >= 15 is 0 Å². The normalized spacial score (nSPS) is 12.5. The summed E-state index contributed by atoms with van der Waals surface area (Å²) in [5.41, 5.74) is 2.17. The summed E-state index contributed by atoms with van der Waals surface area (Å²) in [6.45, 7) is 5.42. The molecule has 0 saturated carbocycles. The molecular formula is C20H23FN2O. The topological polar surface area (TPSA) is 46.0 Å². The average molecular weight is 326 g/mol. The highest BCUT2D eigenvalue weighted by Gasteiger charge is 2.05. The van der Waals surface area contributed by atoms with Crippen molar-refractivity contribution < 1.29 is 9.50 Å². The van der Waals surface area contributed by atoms with Crippen molar-refractivity contribution in [1.82, 2.24) is 9.97 Å². The van der Waals surface area contributed by atoms with Gasteiger partial charge in [-0.2, -0.15) is 0 Å². The molecule has 0 fully saturated rings. The van der Waals surface area contributed by atoms with E-state index in [4.69, 9.17) is 0 Å². The van der Waals surface area contributed by atoms with Gasteiger partial charge in [0.15, 0.2) is 5.82 Å². The Morgan fingerprint density at radius 3 is 2.62 bits per heavy atom. The zero-order valence-corrected chi connectivity index (χ0v) is 14.0. The molecule has 1 unspecified atom stereocenters. The van der Waals surface area contributed by atoms with Gasteiger partial charge >= 0.3 is 0 Å². The van der Waals surface area contributed by atoms with Gasteiger partial charge in [0.2, 0.25) is 0 Å². The highest BCUT2D eigenvalue weighted by atomic mass is 19.1. The minimum Gasteiger partial charge on any atom is -0.393 e. The molecule has 1 aromatic heterocycles. The number of unbranched alkanes of at least 4 members (excludes halogenated alkanes) is 1. The molecule has 1 atom stereocenters. The standard InChI is InChI=1S/C20H23FN2O/c1-3-7-16-10-11-17(12-19(16)21)18-13-22-20(23-14-18)9-6-4-5-8-15(2)24/h3,6,9-15,24H,1,4-5,7-8H2,2H3/b9-6+. The lowest BCUT2D eigenvalue weighted by Gasteiger charge is -2.05. The highest BCUT2D eigenvalue weighted by Crippen LogP contribution is 2.21. The fraction of sp³-hybridized carbons (Fsp3) is 0.300. The largest absolute Gasteiger partial charge is 0.393 e. The summed E-state index contributed by atoms with van der Waals surface area (Å²) in [5.74, 6) is 0.383. The van der Waals surface area contributed by atoms with Gasteiger partial charge in [-0.25, -0.2) is 14.4 Å². The predicted octanol–water partition coefficient (Wildman–Crippen LogP) is 4.58. The molecule has 0 saturated heterocycles. The molecule has 0 spiro atoms. The van der Waals surface area contributed by atoms with Gasteiger partial charge in [0.05, 0.1) is 6.10 Å². The minimum atomic E-state index is -0.257. The van der Waals surface area contributed by atoms with Crippen LogP contribution in [0, 0.1) is 5.82 Å². The first-order chi connectivity index (χ1) is 11.6. The summed E-state index contributed by atoms with van der Waals surface area (Å²) in [5, 5.41) is 9.19. The van der Waals surface area contributed by atoms with Gasteiger partial charge < -0.3 is 5.11 Å². The maximum atomic E-state index is 14.0. The zero-order valence-electron chi connectivity index (χ0n) is 14.0. The van der Waals surface area contributed by atoms with E-state index in [2.05, 4.69) is 16.5 Å². The minimum absolute atomic E-state index is 0.241. The second-order valence-electron chi connectivity index (χ2n) is 5.81. The van der Waals surface area contributed by atoms with Gasteiger partial charge in [0.1, 0.15) is 5.82 Å². The van der Waals surface area contributed by atoms with E-state index in [1.807, 2.05) is 18.2 Å². The smallest absolute Gasteiger partial charge is 0.151 e. The molecule has 24 heavy (non-hydrogen) atoms. The number of benzene rings is 1. The molecule has 0 aliphatic carbocycles. The van der Waals surface area contributed by atoms with Crippen molar-refractivity contribution in [1.29, 1.82) is 0 Å². The van der Waals surface area contributed by atoms with Crippen LogP contribution in [0.4, 0.5) is 4.39 Å². The summed E-state index contributed by atoms with van der Waals surface area (Å²) >= 11 is 0. The van der Waals surface area contributed by atoms with E-state index in [1.54, 1.807) is 31.5 Å². The zero-order chi connectivity index (χ0) is 17.4. The number of hydrogen-bond donors (Lipinski definition) is 1. The van der Waals surface area contributed by atoms with Crippen LogP contribution in [0.3, 0.4) is 0 Å². The van der Waals surface area contributed by atoms with E-state index in [0.717, 1.165) is 30.4 Å². The first-order valence-corrected chi connectivity index (χ1v) is 8.16. The lowest BCUT2D eigenvalue weighted by Crippen LogP contribution is -1.97. The number of allylic oxidation sites excluding steroid dienone is 2. The van der Waals surface area contributed by atoms with Gasteiger partial charge in [0, 0.05) is 18.0 Å². The number of aromatic nitrogens is 2. The molecule has 0 aliphatic heterocycles. The van der Waals surface area contributed by atoms with Gasteiger partial charge in [-0.3, -0.25) is 0 Å². The Balaban J connectivity index is 2.00. The van der Waals surface area contributed by atoms with Crippen LogP contribution in [0.5, 0.6) is 0 Å². The van der Waals surface area contributed by atoms with Gasteiger partial charge in [-0.05, 0) is 55.9 Å². The Bertz CT molecular complexity index is 693. The summed E-state index contributed by atoms with van der Waals surface area (Å²) in [7, 11) is 0. The van der Waals surface area contributed by atoms with Crippen molar-refractivity contribution in [3.8, 4) is 11.1 Å². The second kappa shape index (κ2) is 9.08. The molecule has 4 heteroatoms. The van der Waals surface area contributed by atoms with E-state index in [1.165, 1.54) is 6.07 Å². The van der Waals surface area contributed by atoms with Crippen molar-refractivity contribution in [3.05, 3.63) is 66.5 Å². The lowest BCUT2D eigenvalue weighted by atomic mass is 10.0. The Labute approximate surface area is 142 Å². The molecule has 1 N–H and O–H groups in total. The lowest BCUT2D eigenvalue weighted by molar-refractivity contribution is 0.182. The van der Waals surface area contributed by atoms with Gasteiger partial charge in [-0.1, -0.05) is 24.3 Å². The Kier molecular flexibility index (Phi) is 6.82. The molecular weight excluding hydrogens is 303 g/mol. The van der Waals surface area contributed by atoms with Crippen LogP contribution in [0.15, 0.2) is 49.3 Å². The van der Waals surface area contributed by atoms with Crippen LogP contribution in [0.2, 0.25) is 0 Å².